The second-order valence-electron chi connectivity index (χ2n) is 6.72. The zero-order chi connectivity index (χ0) is 18.9. The van der Waals surface area contributed by atoms with Crippen molar-refractivity contribution in [3.8, 4) is 0 Å². The Morgan fingerprint density at radius 1 is 1.19 bits per heavy atom. The van der Waals surface area contributed by atoms with E-state index in [1.165, 1.54) is 19.3 Å². The number of ether oxygens (including phenoxy) is 1. The fourth-order valence-corrected chi connectivity index (χ4v) is 2.95. The monoisotopic (exact) mass is 356 g/mol. The van der Waals surface area contributed by atoms with Gasteiger partial charge in [0.1, 0.15) is 0 Å². The van der Waals surface area contributed by atoms with Crippen LogP contribution in [0.15, 0.2) is 30.3 Å². The van der Waals surface area contributed by atoms with Crippen LogP contribution in [-0.4, -0.2) is 29.5 Å². The van der Waals surface area contributed by atoms with E-state index >= 15 is 0 Å². The third-order valence-electron chi connectivity index (χ3n) is 4.30. The number of benzene rings is 1. The van der Waals surface area contributed by atoms with E-state index in [1.54, 1.807) is 6.07 Å². The van der Waals surface area contributed by atoms with Gasteiger partial charge in [0.05, 0.1) is 11.1 Å². The van der Waals surface area contributed by atoms with Gasteiger partial charge in [-0.15, -0.1) is 0 Å². The van der Waals surface area contributed by atoms with Gasteiger partial charge in [0.15, 0.2) is 6.61 Å². The zero-order valence-corrected chi connectivity index (χ0v) is 15.9. The van der Waals surface area contributed by atoms with E-state index in [-0.39, 0.29) is 18.6 Å². The summed E-state index contributed by atoms with van der Waals surface area (Å²) in [6.07, 6.45) is 5.63. The number of pyridine rings is 1. The van der Waals surface area contributed by atoms with Crippen LogP contribution in [0.1, 0.15) is 62.0 Å². The molecule has 0 aliphatic carbocycles. The Balaban J connectivity index is 1.88. The maximum atomic E-state index is 12.4. The summed E-state index contributed by atoms with van der Waals surface area (Å²) in [7, 11) is 0. The molecule has 0 saturated heterocycles. The lowest BCUT2D eigenvalue weighted by molar-refractivity contribution is -0.124. The predicted molar refractivity (Wildman–Crippen MR) is 103 cm³/mol. The van der Waals surface area contributed by atoms with Crippen molar-refractivity contribution in [1.82, 2.24) is 10.3 Å². The topological polar surface area (TPSA) is 68.3 Å². The molecule has 1 aromatic carbocycles. The van der Waals surface area contributed by atoms with Gasteiger partial charge in [-0.3, -0.25) is 9.78 Å². The highest BCUT2D eigenvalue weighted by Crippen LogP contribution is 2.19. The summed E-state index contributed by atoms with van der Waals surface area (Å²) in [5.74, 6) is -0.770. The molecule has 0 unspecified atom stereocenters. The number of nitrogens with one attached hydrogen (secondary N) is 1. The largest absolute Gasteiger partial charge is 0.452 e. The lowest BCUT2D eigenvalue weighted by Crippen LogP contribution is -2.35. The number of hydrogen-bond donors (Lipinski definition) is 1. The Bertz CT molecular complexity index is 758. The van der Waals surface area contributed by atoms with E-state index < -0.39 is 5.97 Å². The van der Waals surface area contributed by atoms with E-state index in [1.807, 2.05) is 38.1 Å². The van der Waals surface area contributed by atoms with Gasteiger partial charge >= 0.3 is 5.97 Å². The average Bonchev–Trinajstić information content (AvgIpc) is 2.62. The zero-order valence-electron chi connectivity index (χ0n) is 15.9. The second-order valence-corrected chi connectivity index (χ2v) is 6.72. The van der Waals surface area contributed by atoms with Crippen molar-refractivity contribution in [2.45, 2.75) is 58.9 Å². The second kappa shape index (κ2) is 9.90. The number of aromatic nitrogens is 1. The Kier molecular flexibility index (Phi) is 7.57. The smallest absolute Gasteiger partial charge is 0.339 e. The van der Waals surface area contributed by atoms with Gasteiger partial charge in [-0.05, 0) is 32.4 Å². The molecule has 0 bridgehead atoms. The molecule has 0 fully saturated rings. The highest BCUT2D eigenvalue weighted by molar-refractivity contribution is 6.04. The molecule has 1 atom stereocenters. The standard InChI is InChI=1S/C21H28N2O3/c1-4-5-6-7-10-15(2)23-20(24)14-26-21(25)18-13-16(3)22-19-12-9-8-11-17(18)19/h8-9,11-13,15H,4-7,10,14H2,1-3H3,(H,23,24)/t15-/m1/s1. The molecule has 1 aromatic heterocycles. The molecule has 2 aromatic rings. The first kappa shape index (κ1) is 19.9. The number of rotatable bonds is 9. The van der Waals surface area contributed by atoms with Crippen LogP contribution in [0, 0.1) is 6.92 Å². The van der Waals surface area contributed by atoms with Crippen LogP contribution < -0.4 is 5.32 Å². The van der Waals surface area contributed by atoms with E-state index in [9.17, 15) is 9.59 Å². The average molecular weight is 356 g/mol. The summed E-state index contributed by atoms with van der Waals surface area (Å²) >= 11 is 0. The predicted octanol–water partition coefficient (Wildman–Crippen LogP) is 4.18. The molecule has 0 radical (unpaired) electrons. The van der Waals surface area contributed by atoms with E-state index in [0.29, 0.717) is 5.56 Å². The number of amides is 1. The summed E-state index contributed by atoms with van der Waals surface area (Å²) in [5.41, 5.74) is 1.92. The number of aryl methyl sites for hydroxylation is 1. The minimum Gasteiger partial charge on any atom is -0.452 e. The number of nitrogens with zero attached hydrogens (tertiary/aromatic N) is 1. The maximum Gasteiger partial charge on any atom is 0.339 e. The molecule has 2 rings (SSSR count). The van der Waals surface area contributed by atoms with Gasteiger partial charge in [-0.1, -0.05) is 50.8 Å². The van der Waals surface area contributed by atoms with Crippen molar-refractivity contribution < 1.29 is 14.3 Å². The molecule has 26 heavy (non-hydrogen) atoms. The van der Waals surface area contributed by atoms with Crippen molar-refractivity contribution >= 4 is 22.8 Å². The number of unbranched alkanes of at least 4 members (excludes halogenated alkanes) is 3. The number of fused-ring (bicyclic) bond motifs is 1. The molecule has 5 heteroatoms. The SMILES string of the molecule is CCCCCC[C@@H](C)NC(=O)COC(=O)c1cc(C)nc2ccccc12. The molecule has 0 aliphatic heterocycles. The third kappa shape index (κ3) is 5.83. The van der Waals surface area contributed by atoms with Crippen LogP contribution in [0.2, 0.25) is 0 Å². The first-order chi connectivity index (χ1) is 12.5. The number of carbonyl (C=O) groups is 2. The molecule has 0 spiro atoms. The number of para-hydroxylation sites is 1. The molecule has 140 valence electrons. The molecule has 0 aliphatic rings. The Morgan fingerprint density at radius 3 is 2.73 bits per heavy atom. The molecular formula is C21H28N2O3. The summed E-state index contributed by atoms with van der Waals surface area (Å²) < 4.78 is 5.22. The lowest BCUT2D eigenvalue weighted by atomic mass is 10.1. The molecule has 1 N–H and O–H groups in total. The van der Waals surface area contributed by atoms with Crippen molar-refractivity contribution in [3.05, 3.63) is 41.6 Å². The summed E-state index contributed by atoms with van der Waals surface area (Å²) in [6, 6.07) is 9.19. The fraction of sp³-hybridized carbons (Fsp3) is 0.476. The number of esters is 1. The number of carbonyl (C=O) groups excluding carboxylic acids is 2. The van der Waals surface area contributed by atoms with Crippen LogP contribution >= 0.6 is 0 Å². The van der Waals surface area contributed by atoms with Gasteiger partial charge in [-0.25, -0.2) is 4.79 Å². The van der Waals surface area contributed by atoms with Crippen LogP contribution in [0.4, 0.5) is 0 Å². The Morgan fingerprint density at radius 2 is 1.96 bits per heavy atom. The van der Waals surface area contributed by atoms with Gasteiger partial charge in [0.25, 0.3) is 5.91 Å². The Hall–Kier alpha value is -2.43. The van der Waals surface area contributed by atoms with Gasteiger partial charge in [0, 0.05) is 17.1 Å². The van der Waals surface area contributed by atoms with Crippen molar-refractivity contribution in [2.24, 2.45) is 0 Å². The molecular weight excluding hydrogens is 328 g/mol. The van der Waals surface area contributed by atoms with Crippen LogP contribution in [0.25, 0.3) is 10.9 Å². The molecule has 1 amide bonds. The summed E-state index contributed by atoms with van der Waals surface area (Å²) in [6.45, 7) is 5.71. The molecule has 1 heterocycles. The minimum absolute atomic E-state index is 0.0852. The van der Waals surface area contributed by atoms with E-state index in [0.717, 1.165) is 29.4 Å². The fourth-order valence-electron chi connectivity index (χ4n) is 2.95. The van der Waals surface area contributed by atoms with E-state index in [4.69, 9.17) is 4.74 Å². The minimum atomic E-state index is -0.502. The number of hydrogen-bond acceptors (Lipinski definition) is 4. The first-order valence-corrected chi connectivity index (χ1v) is 9.34. The first-order valence-electron chi connectivity index (χ1n) is 9.34. The van der Waals surface area contributed by atoms with Gasteiger partial charge in [0.2, 0.25) is 0 Å². The van der Waals surface area contributed by atoms with Crippen molar-refractivity contribution in [1.29, 1.82) is 0 Å². The van der Waals surface area contributed by atoms with Gasteiger partial charge < -0.3 is 10.1 Å². The third-order valence-corrected chi connectivity index (χ3v) is 4.30. The highest BCUT2D eigenvalue weighted by atomic mass is 16.5. The molecule has 5 nitrogen and oxygen atoms in total. The van der Waals surface area contributed by atoms with Crippen LogP contribution in [0.3, 0.4) is 0 Å². The Labute approximate surface area is 155 Å². The van der Waals surface area contributed by atoms with Crippen molar-refractivity contribution in [2.75, 3.05) is 6.61 Å². The van der Waals surface area contributed by atoms with Gasteiger partial charge in [-0.2, -0.15) is 0 Å². The quantitative estimate of drug-likeness (QED) is 0.541. The maximum absolute atomic E-state index is 12.4. The normalized spacial score (nSPS) is 12.0. The van der Waals surface area contributed by atoms with Crippen LogP contribution in [-0.2, 0) is 9.53 Å². The van der Waals surface area contributed by atoms with Crippen LogP contribution in [0.5, 0.6) is 0 Å². The summed E-state index contributed by atoms with van der Waals surface area (Å²) in [5, 5.41) is 3.61. The van der Waals surface area contributed by atoms with E-state index in [2.05, 4.69) is 17.2 Å². The van der Waals surface area contributed by atoms with Crippen molar-refractivity contribution in [3.63, 3.8) is 0 Å². The lowest BCUT2D eigenvalue weighted by Gasteiger charge is -2.14. The molecule has 0 saturated carbocycles. The summed E-state index contributed by atoms with van der Waals surface area (Å²) in [4.78, 5) is 28.8. The highest BCUT2D eigenvalue weighted by Gasteiger charge is 2.15.